The van der Waals surface area contributed by atoms with Crippen LogP contribution in [0.2, 0.25) is 0 Å². The van der Waals surface area contributed by atoms with Crippen molar-refractivity contribution in [1.82, 2.24) is 5.32 Å². The van der Waals surface area contributed by atoms with Gasteiger partial charge in [-0.2, -0.15) is 0 Å². The number of carbonyl (C=O) groups excluding carboxylic acids is 2. The average molecular weight is 293 g/mol. The molecule has 0 aliphatic rings. The predicted molar refractivity (Wildman–Crippen MR) is 80.4 cm³/mol. The summed E-state index contributed by atoms with van der Waals surface area (Å²) in [5, 5.41) is 2.59. The summed E-state index contributed by atoms with van der Waals surface area (Å²) >= 11 is 0. The Morgan fingerprint density at radius 3 is 2.19 bits per heavy atom. The number of ketones is 1. The number of hydrogen-bond acceptors (Lipinski definition) is 4. The second-order valence-electron chi connectivity index (χ2n) is 5.69. The number of alkyl carbamates (subject to hydrolysis) is 1. The van der Waals surface area contributed by atoms with Crippen molar-refractivity contribution >= 4 is 11.9 Å². The number of ether oxygens (including phenoxy) is 2. The fraction of sp³-hybridized carbons (Fsp3) is 0.500. The van der Waals surface area contributed by atoms with Crippen LogP contribution in [0.3, 0.4) is 0 Å². The van der Waals surface area contributed by atoms with Crippen molar-refractivity contribution in [3.05, 3.63) is 29.8 Å². The van der Waals surface area contributed by atoms with Crippen LogP contribution >= 0.6 is 0 Å². The molecule has 1 unspecified atom stereocenters. The molecule has 0 fully saturated rings. The summed E-state index contributed by atoms with van der Waals surface area (Å²) in [6, 6.07) is 6.33. The van der Waals surface area contributed by atoms with Gasteiger partial charge in [0.05, 0.1) is 6.61 Å². The van der Waals surface area contributed by atoms with E-state index < -0.39 is 17.7 Å². The molecule has 1 aromatic carbocycles. The van der Waals surface area contributed by atoms with Crippen LogP contribution < -0.4 is 10.1 Å². The van der Waals surface area contributed by atoms with Crippen LogP contribution in [-0.2, 0) is 9.53 Å². The van der Waals surface area contributed by atoms with Crippen LogP contribution in [0.15, 0.2) is 24.3 Å². The molecule has 0 heterocycles. The Balaban J connectivity index is 2.82. The molecule has 21 heavy (non-hydrogen) atoms. The highest BCUT2D eigenvalue weighted by Gasteiger charge is 2.23. The van der Waals surface area contributed by atoms with Crippen LogP contribution in [0.25, 0.3) is 0 Å². The summed E-state index contributed by atoms with van der Waals surface area (Å²) in [4.78, 5) is 23.6. The van der Waals surface area contributed by atoms with E-state index in [1.165, 1.54) is 6.92 Å². The Kier molecular flexibility index (Phi) is 5.76. The third-order valence-corrected chi connectivity index (χ3v) is 2.59. The van der Waals surface area contributed by atoms with Gasteiger partial charge in [-0.05, 0) is 52.3 Å². The maximum atomic E-state index is 11.8. The molecule has 1 aromatic rings. The van der Waals surface area contributed by atoms with Crippen molar-refractivity contribution in [1.29, 1.82) is 0 Å². The average Bonchev–Trinajstić information content (AvgIpc) is 2.35. The predicted octanol–water partition coefficient (Wildman–Crippen LogP) is 3.24. The molecular formula is C16H23NO4. The summed E-state index contributed by atoms with van der Waals surface area (Å²) in [6.07, 6.45) is -0.614. The molecule has 0 saturated carbocycles. The van der Waals surface area contributed by atoms with Gasteiger partial charge < -0.3 is 14.8 Å². The van der Waals surface area contributed by atoms with Gasteiger partial charge in [-0.3, -0.25) is 4.79 Å². The highest BCUT2D eigenvalue weighted by molar-refractivity contribution is 5.86. The Bertz CT molecular complexity index is 488. The Labute approximate surface area is 125 Å². The summed E-state index contributed by atoms with van der Waals surface area (Å²) in [5.41, 5.74) is 0.0846. The molecule has 0 radical (unpaired) electrons. The van der Waals surface area contributed by atoms with E-state index in [0.717, 1.165) is 5.75 Å². The molecule has 1 atom stereocenters. The molecule has 5 nitrogen and oxygen atoms in total. The highest BCUT2D eigenvalue weighted by Crippen LogP contribution is 2.19. The van der Waals surface area contributed by atoms with Gasteiger partial charge in [-0.25, -0.2) is 4.79 Å². The van der Waals surface area contributed by atoms with E-state index in [0.29, 0.717) is 12.2 Å². The zero-order chi connectivity index (χ0) is 16.0. The van der Waals surface area contributed by atoms with E-state index in [1.807, 2.05) is 6.92 Å². The first-order valence-electron chi connectivity index (χ1n) is 6.95. The van der Waals surface area contributed by atoms with Crippen molar-refractivity contribution in [3.8, 4) is 5.75 Å². The molecule has 1 amide bonds. The van der Waals surface area contributed by atoms with Crippen molar-refractivity contribution < 1.29 is 19.1 Å². The largest absolute Gasteiger partial charge is 0.494 e. The van der Waals surface area contributed by atoms with Gasteiger partial charge in [0.2, 0.25) is 0 Å². The maximum Gasteiger partial charge on any atom is 0.408 e. The molecule has 1 N–H and O–H groups in total. The normalized spacial score (nSPS) is 12.4. The van der Waals surface area contributed by atoms with Crippen LogP contribution in [-0.4, -0.2) is 24.1 Å². The van der Waals surface area contributed by atoms with Crippen LogP contribution in [0, 0.1) is 0 Å². The van der Waals surface area contributed by atoms with Gasteiger partial charge in [0, 0.05) is 0 Å². The topological polar surface area (TPSA) is 64.6 Å². The van der Waals surface area contributed by atoms with Crippen molar-refractivity contribution in [2.24, 2.45) is 0 Å². The SMILES string of the molecule is CCOc1ccc(C(NC(=O)OC(C)(C)C)C(C)=O)cc1. The lowest BCUT2D eigenvalue weighted by atomic mass is 10.0. The second kappa shape index (κ2) is 7.11. The lowest BCUT2D eigenvalue weighted by Gasteiger charge is -2.22. The van der Waals surface area contributed by atoms with Crippen LogP contribution in [0.4, 0.5) is 4.79 Å². The lowest BCUT2D eigenvalue weighted by Crippen LogP contribution is -2.37. The van der Waals surface area contributed by atoms with Gasteiger partial charge in [-0.15, -0.1) is 0 Å². The van der Waals surface area contributed by atoms with Gasteiger partial charge in [-0.1, -0.05) is 12.1 Å². The smallest absolute Gasteiger partial charge is 0.408 e. The molecule has 0 aliphatic heterocycles. The molecule has 5 heteroatoms. The number of benzene rings is 1. The Morgan fingerprint density at radius 2 is 1.76 bits per heavy atom. The molecule has 0 bridgehead atoms. The van der Waals surface area contributed by atoms with Crippen molar-refractivity contribution in [2.75, 3.05) is 6.61 Å². The minimum atomic E-state index is -0.726. The van der Waals surface area contributed by atoms with Crippen molar-refractivity contribution in [2.45, 2.75) is 46.3 Å². The fourth-order valence-electron chi connectivity index (χ4n) is 1.77. The number of hydrogen-bond donors (Lipinski definition) is 1. The fourth-order valence-corrected chi connectivity index (χ4v) is 1.77. The number of amides is 1. The molecule has 0 aromatic heterocycles. The van der Waals surface area contributed by atoms with E-state index >= 15 is 0 Å². The molecule has 0 aliphatic carbocycles. The van der Waals surface area contributed by atoms with Crippen LogP contribution in [0.5, 0.6) is 5.75 Å². The molecule has 1 rings (SSSR count). The minimum absolute atomic E-state index is 0.162. The van der Waals surface area contributed by atoms with Gasteiger partial charge in [0.25, 0.3) is 0 Å². The lowest BCUT2D eigenvalue weighted by molar-refractivity contribution is -0.119. The van der Waals surface area contributed by atoms with E-state index in [2.05, 4.69) is 5.32 Å². The number of carbonyl (C=O) groups is 2. The first-order valence-corrected chi connectivity index (χ1v) is 6.95. The zero-order valence-corrected chi connectivity index (χ0v) is 13.2. The van der Waals surface area contributed by atoms with E-state index in [1.54, 1.807) is 45.0 Å². The van der Waals surface area contributed by atoms with Crippen molar-refractivity contribution in [3.63, 3.8) is 0 Å². The first kappa shape index (κ1) is 17.0. The Morgan fingerprint density at radius 1 is 1.19 bits per heavy atom. The highest BCUT2D eigenvalue weighted by atomic mass is 16.6. The number of Topliss-reactive ketones (excluding diaryl/α,β-unsaturated/α-hetero) is 1. The quantitative estimate of drug-likeness (QED) is 0.905. The second-order valence-corrected chi connectivity index (χ2v) is 5.69. The van der Waals surface area contributed by atoms with Gasteiger partial charge in [0.1, 0.15) is 17.4 Å². The van der Waals surface area contributed by atoms with E-state index in [4.69, 9.17) is 9.47 Å². The van der Waals surface area contributed by atoms with E-state index in [9.17, 15) is 9.59 Å². The minimum Gasteiger partial charge on any atom is -0.494 e. The first-order chi connectivity index (χ1) is 9.73. The summed E-state index contributed by atoms with van der Waals surface area (Å²) in [7, 11) is 0. The third kappa shape index (κ3) is 5.85. The third-order valence-electron chi connectivity index (χ3n) is 2.59. The summed E-state index contributed by atoms with van der Waals surface area (Å²) in [5.74, 6) is 0.561. The zero-order valence-electron chi connectivity index (χ0n) is 13.2. The summed E-state index contributed by atoms with van der Waals surface area (Å²) < 4.78 is 10.5. The maximum absolute atomic E-state index is 11.8. The molecule has 0 saturated heterocycles. The Hall–Kier alpha value is -2.04. The molecule has 116 valence electrons. The van der Waals surface area contributed by atoms with Gasteiger partial charge in [0.15, 0.2) is 5.78 Å². The number of nitrogens with one attached hydrogen (secondary N) is 1. The number of rotatable bonds is 5. The standard InChI is InChI=1S/C16H23NO4/c1-6-20-13-9-7-12(8-10-13)14(11(2)18)17-15(19)21-16(3,4)5/h7-10,14H,6H2,1-5H3,(H,17,19). The van der Waals surface area contributed by atoms with Gasteiger partial charge >= 0.3 is 6.09 Å². The van der Waals surface area contributed by atoms with E-state index in [-0.39, 0.29) is 5.78 Å². The molecular weight excluding hydrogens is 270 g/mol. The summed E-state index contributed by atoms with van der Waals surface area (Å²) in [6.45, 7) is 9.21. The monoisotopic (exact) mass is 293 g/mol. The van der Waals surface area contributed by atoms with Crippen LogP contribution in [0.1, 0.15) is 46.2 Å². The molecule has 0 spiro atoms.